The number of halogens is 2. The van der Waals surface area contributed by atoms with E-state index in [4.69, 9.17) is 0 Å². The summed E-state index contributed by atoms with van der Waals surface area (Å²) in [4.78, 5) is 2.43. The van der Waals surface area contributed by atoms with E-state index in [1.165, 1.54) is 24.4 Å². The highest BCUT2D eigenvalue weighted by molar-refractivity contribution is 5.67. The quantitative estimate of drug-likeness (QED) is 0.916. The average Bonchev–Trinajstić information content (AvgIpc) is 2.96. The molecule has 1 aliphatic heterocycles. The average molecular weight is 319 g/mol. The van der Waals surface area contributed by atoms with Gasteiger partial charge in [0, 0.05) is 30.3 Å². The van der Waals surface area contributed by atoms with Crippen LogP contribution in [0.4, 0.5) is 8.78 Å². The van der Waals surface area contributed by atoms with Crippen LogP contribution in [0.3, 0.4) is 0 Å². The maximum atomic E-state index is 14.1. The van der Waals surface area contributed by atoms with Gasteiger partial charge in [0.25, 0.3) is 0 Å². The van der Waals surface area contributed by atoms with Crippen LogP contribution in [0.15, 0.2) is 24.4 Å². The molecule has 3 nitrogen and oxygen atoms in total. The van der Waals surface area contributed by atoms with Gasteiger partial charge in [-0.15, -0.1) is 0 Å². The number of hydrogen-bond acceptors (Lipinski definition) is 2. The second-order valence-electron chi connectivity index (χ2n) is 6.79. The van der Waals surface area contributed by atoms with Gasteiger partial charge in [-0.1, -0.05) is 19.9 Å². The Balaban J connectivity index is 1.89. The molecule has 2 aromatic rings. The first-order valence-electron chi connectivity index (χ1n) is 8.26. The van der Waals surface area contributed by atoms with Crippen LogP contribution in [0, 0.1) is 17.6 Å². The van der Waals surface area contributed by atoms with E-state index in [2.05, 4.69) is 28.9 Å². The number of rotatable bonds is 4. The van der Waals surface area contributed by atoms with Crippen molar-refractivity contribution >= 4 is 0 Å². The molecular weight excluding hydrogens is 296 g/mol. The lowest BCUT2D eigenvalue weighted by atomic mass is 9.90. The van der Waals surface area contributed by atoms with Crippen LogP contribution >= 0.6 is 0 Å². The number of nitrogens with zero attached hydrogens (tertiary/aromatic N) is 2. The molecule has 1 aromatic carbocycles. The summed E-state index contributed by atoms with van der Waals surface area (Å²) >= 11 is 0. The molecule has 0 bridgehead atoms. The van der Waals surface area contributed by atoms with Gasteiger partial charge in [0.2, 0.25) is 0 Å². The van der Waals surface area contributed by atoms with Crippen molar-refractivity contribution in [2.24, 2.45) is 5.92 Å². The van der Waals surface area contributed by atoms with Crippen LogP contribution in [0.25, 0.3) is 11.1 Å². The molecule has 3 rings (SSSR count). The monoisotopic (exact) mass is 319 g/mol. The highest BCUT2D eigenvalue weighted by atomic mass is 19.1. The standard InChI is InChI=1S/C18H23F2N3/c1-12(2)10-23-8-4-5-13(11-23)18-14(9-21-22-18)17-15(19)6-3-7-16(17)20/h3,6-7,9,12-13H,4-5,8,10-11H2,1-2H3,(H,21,22). The van der Waals surface area contributed by atoms with Gasteiger partial charge in [-0.25, -0.2) is 8.78 Å². The Hall–Kier alpha value is -1.75. The summed E-state index contributed by atoms with van der Waals surface area (Å²) in [6.45, 7) is 7.46. The molecular formula is C18H23F2N3. The number of H-pyrrole nitrogens is 1. The fourth-order valence-corrected chi connectivity index (χ4v) is 3.54. The SMILES string of the molecule is CC(C)CN1CCCC(c2[nH]ncc2-c2c(F)cccc2F)C1. The van der Waals surface area contributed by atoms with Crippen LogP contribution in [0.1, 0.15) is 38.3 Å². The van der Waals surface area contributed by atoms with E-state index in [1.807, 2.05) is 0 Å². The number of hydrogen-bond donors (Lipinski definition) is 1. The molecule has 23 heavy (non-hydrogen) atoms. The Morgan fingerprint density at radius 3 is 2.74 bits per heavy atom. The molecule has 1 atom stereocenters. The van der Waals surface area contributed by atoms with Crippen LogP contribution in [-0.2, 0) is 0 Å². The lowest BCUT2D eigenvalue weighted by molar-refractivity contribution is 0.186. The molecule has 1 unspecified atom stereocenters. The molecule has 1 fully saturated rings. The molecule has 0 aliphatic carbocycles. The first kappa shape index (κ1) is 16.1. The van der Waals surface area contributed by atoms with Gasteiger partial charge in [-0.05, 0) is 37.4 Å². The van der Waals surface area contributed by atoms with E-state index >= 15 is 0 Å². The van der Waals surface area contributed by atoms with Crippen molar-refractivity contribution in [1.82, 2.24) is 15.1 Å². The van der Waals surface area contributed by atoms with Crippen molar-refractivity contribution in [3.63, 3.8) is 0 Å². The van der Waals surface area contributed by atoms with Crippen molar-refractivity contribution < 1.29 is 8.78 Å². The lowest BCUT2D eigenvalue weighted by Crippen LogP contribution is -2.37. The van der Waals surface area contributed by atoms with Gasteiger partial charge in [0.15, 0.2) is 0 Å². The number of likely N-dealkylation sites (tertiary alicyclic amines) is 1. The van der Waals surface area contributed by atoms with E-state index in [-0.39, 0.29) is 11.5 Å². The van der Waals surface area contributed by atoms with Gasteiger partial charge in [-0.2, -0.15) is 5.10 Å². The summed E-state index contributed by atoms with van der Waals surface area (Å²) in [5, 5.41) is 7.06. The van der Waals surface area contributed by atoms with E-state index in [0.29, 0.717) is 11.5 Å². The fourth-order valence-electron chi connectivity index (χ4n) is 3.54. The van der Waals surface area contributed by atoms with Crippen LogP contribution in [0.2, 0.25) is 0 Å². The third-order valence-corrected chi connectivity index (χ3v) is 4.44. The Bertz CT molecular complexity index is 646. The smallest absolute Gasteiger partial charge is 0.134 e. The zero-order valence-electron chi connectivity index (χ0n) is 13.6. The minimum Gasteiger partial charge on any atom is -0.302 e. The maximum absolute atomic E-state index is 14.1. The molecule has 5 heteroatoms. The summed E-state index contributed by atoms with van der Waals surface area (Å²) in [7, 11) is 0. The van der Waals surface area contributed by atoms with Gasteiger partial charge >= 0.3 is 0 Å². The second kappa shape index (κ2) is 6.79. The highest BCUT2D eigenvalue weighted by Crippen LogP contribution is 2.35. The summed E-state index contributed by atoms with van der Waals surface area (Å²) in [5.41, 5.74) is 1.43. The Morgan fingerprint density at radius 2 is 2.04 bits per heavy atom. The van der Waals surface area contributed by atoms with Crippen LogP contribution in [0.5, 0.6) is 0 Å². The summed E-state index contributed by atoms with van der Waals surface area (Å²) < 4.78 is 28.2. The summed E-state index contributed by atoms with van der Waals surface area (Å²) in [5.74, 6) is -0.233. The Kier molecular flexibility index (Phi) is 4.76. The predicted molar refractivity (Wildman–Crippen MR) is 87.2 cm³/mol. The van der Waals surface area contributed by atoms with E-state index in [1.54, 1.807) is 0 Å². The second-order valence-corrected chi connectivity index (χ2v) is 6.79. The number of benzene rings is 1. The minimum absolute atomic E-state index is 0.0252. The number of aromatic nitrogens is 2. The molecule has 1 saturated heterocycles. The first-order chi connectivity index (χ1) is 11.1. The minimum atomic E-state index is -0.539. The zero-order chi connectivity index (χ0) is 16.4. The molecule has 1 aliphatic rings. The van der Waals surface area contributed by atoms with Crippen LogP contribution < -0.4 is 0 Å². The van der Waals surface area contributed by atoms with Crippen molar-refractivity contribution in [2.45, 2.75) is 32.6 Å². The fraction of sp³-hybridized carbons (Fsp3) is 0.500. The van der Waals surface area contributed by atoms with Gasteiger partial charge in [0.1, 0.15) is 11.6 Å². The highest BCUT2D eigenvalue weighted by Gasteiger charge is 2.27. The summed E-state index contributed by atoms with van der Waals surface area (Å²) in [6.07, 6.45) is 3.65. The molecule has 0 amide bonds. The predicted octanol–water partition coefficient (Wildman–Crippen LogP) is 4.19. The molecule has 0 spiro atoms. The molecule has 1 N–H and O–H groups in total. The van der Waals surface area contributed by atoms with Crippen molar-refractivity contribution in [3.8, 4) is 11.1 Å². The van der Waals surface area contributed by atoms with E-state index in [0.717, 1.165) is 38.2 Å². The maximum Gasteiger partial charge on any atom is 0.134 e. The molecule has 0 radical (unpaired) electrons. The normalized spacial score (nSPS) is 19.4. The first-order valence-corrected chi connectivity index (χ1v) is 8.26. The Labute approximate surface area is 135 Å². The summed E-state index contributed by atoms with van der Waals surface area (Å²) in [6, 6.07) is 3.97. The third kappa shape index (κ3) is 3.44. The largest absolute Gasteiger partial charge is 0.302 e. The van der Waals surface area contributed by atoms with E-state index < -0.39 is 11.6 Å². The topological polar surface area (TPSA) is 31.9 Å². The van der Waals surface area contributed by atoms with Crippen molar-refractivity contribution in [1.29, 1.82) is 0 Å². The number of piperidine rings is 1. The van der Waals surface area contributed by atoms with Crippen molar-refractivity contribution in [2.75, 3.05) is 19.6 Å². The third-order valence-electron chi connectivity index (χ3n) is 4.44. The number of nitrogens with one attached hydrogen (secondary N) is 1. The lowest BCUT2D eigenvalue weighted by Gasteiger charge is -2.33. The van der Waals surface area contributed by atoms with Gasteiger partial charge < -0.3 is 4.90 Å². The Morgan fingerprint density at radius 1 is 1.30 bits per heavy atom. The van der Waals surface area contributed by atoms with Crippen molar-refractivity contribution in [3.05, 3.63) is 41.7 Å². The molecule has 1 aromatic heterocycles. The molecule has 124 valence electrons. The number of aromatic amines is 1. The van der Waals surface area contributed by atoms with E-state index in [9.17, 15) is 8.78 Å². The van der Waals surface area contributed by atoms with Gasteiger partial charge in [-0.3, -0.25) is 5.10 Å². The molecule has 2 heterocycles. The zero-order valence-corrected chi connectivity index (χ0v) is 13.6. The van der Waals surface area contributed by atoms with Crippen LogP contribution in [-0.4, -0.2) is 34.7 Å². The molecule has 0 saturated carbocycles. The van der Waals surface area contributed by atoms with Gasteiger partial charge in [0.05, 0.1) is 11.8 Å².